The van der Waals surface area contributed by atoms with Crippen LogP contribution in [0.4, 0.5) is 0 Å². The first-order valence-corrected chi connectivity index (χ1v) is 5.24. The molecule has 1 aliphatic rings. The maximum absolute atomic E-state index is 6.04. The standard InChI is InChI=1S/C10H22N2/c1-2-3-6-9-7-4-5-8-10(9,11)12/h9H,2-8,11-12H2,1H3. The van der Waals surface area contributed by atoms with Crippen LogP contribution in [0.2, 0.25) is 0 Å². The van der Waals surface area contributed by atoms with E-state index in [-0.39, 0.29) is 5.66 Å². The van der Waals surface area contributed by atoms with Crippen molar-refractivity contribution in [2.45, 2.75) is 57.5 Å². The molecule has 0 heterocycles. The van der Waals surface area contributed by atoms with E-state index in [0.29, 0.717) is 5.92 Å². The predicted octanol–water partition coefficient (Wildman–Crippen LogP) is 1.98. The van der Waals surface area contributed by atoms with E-state index in [1.807, 2.05) is 0 Å². The third-order valence-electron chi connectivity index (χ3n) is 3.08. The second kappa shape index (κ2) is 4.24. The van der Waals surface area contributed by atoms with Crippen LogP contribution >= 0.6 is 0 Å². The van der Waals surface area contributed by atoms with Crippen LogP contribution in [0.25, 0.3) is 0 Å². The first-order valence-electron chi connectivity index (χ1n) is 5.24. The highest BCUT2D eigenvalue weighted by atomic mass is 15.0. The fourth-order valence-corrected chi connectivity index (χ4v) is 2.16. The third kappa shape index (κ3) is 2.46. The molecule has 0 aliphatic heterocycles. The molecular formula is C10H22N2. The van der Waals surface area contributed by atoms with E-state index >= 15 is 0 Å². The lowest BCUT2D eigenvalue weighted by atomic mass is 9.77. The Morgan fingerprint density at radius 2 is 2.08 bits per heavy atom. The van der Waals surface area contributed by atoms with Gasteiger partial charge in [0.15, 0.2) is 0 Å². The molecule has 0 aromatic carbocycles. The summed E-state index contributed by atoms with van der Waals surface area (Å²) in [5, 5.41) is 0. The van der Waals surface area contributed by atoms with Gasteiger partial charge < -0.3 is 11.5 Å². The van der Waals surface area contributed by atoms with E-state index in [1.54, 1.807) is 0 Å². The Morgan fingerprint density at radius 3 is 2.67 bits per heavy atom. The molecule has 0 aromatic rings. The van der Waals surface area contributed by atoms with Crippen molar-refractivity contribution in [1.82, 2.24) is 0 Å². The van der Waals surface area contributed by atoms with Crippen molar-refractivity contribution in [2.24, 2.45) is 17.4 Å². The molecule has 1 aliphatic carbocycles. The smallest absolute Gasteiger partial charge is 0.0665 e. The zero-order chi connectivity index (χ0) is 9.03. The molecule has 12 heavy (non-hydrogen) atoms. The van der Waals surface area contributed by atoms with Gasteiger partial charge in [-0.1, -0.05) is 32.6 Å². The molecule has 1 unspecified atom stereocenters. The van der Waals surface area contributed by atoms with Crippen molar-refractivity contribution in [1.29, 1.82) is 0 Å². The molecule has 0 bridgehead atoms. The van der Waals surface area contributed by atoms with Crippen LogP contribution in [0.5, 0.6) is 0 Å². The summed E-state index contributed by atoms with van der Waals surface area (Å²) in [6.45, 7) is 2.22. The summed E-state index contributed by atoms with van der Waals surface area (Å²) >= 11 is 0. The predicted molar refractivity (Wildman–Crippen MR) is 52.6 cm³/mol. The van der Waals surface area contributed by atoms with E-state index in [2.05, 4.69) is 6.92 Å². The van der Waals surface area contributed by atoms with Gasteiger partial charge >= 0.3 is 0 Å². The highest BCUT2D eigenvalue weighted by Crippen LogP contribution is 2.31. The van der Waals surface area contributed by atoms with Gasteiger partial charge in [0.1, 0.15) is 0 Å². The summed E-state index contributed by atoms with van der Waals surface area (Å²) in [7, 11) is 0. The molecule has 0 aromatic heterocycles. The minimum atomic E-state index is -0.354. The minimum absolute atomic E-state index is 0.354. The Balaban J connectivity index is 2.37. The van der Waals surface area contributed by atoms with Crippen LogP contribution in [0, 0.1) is 5.92 Å². The summed E-state index contributed by atoms with van der Waals surface area (Å²) in [5.74, 6) is 0.575. The number of unbranched alkanes of at least 4 members (excludes halogenated alkanes) is 1. The number of rotatable bonds is 3. The van der Waals surface area contributed by atoms with Crippen molar-refractivity contribution in [3.63, 3.8) is 0 Å². The van der Waals surface area contributed by atoms with Crippen LogP contribution in [-0.2, 0) is 0 Å². The number of nitrogens with two attached hydrogens (primary N) is 2. The summed E-state index contributed by atoms with van der Waals surface area (Å²) in [6.07, 6.45) is 8.56. The summed E-state index contributed by atoms with van der Waals surface area (Å²) in [5.41, 5.74) is 11.7. The lowest BCUT2D eigenvalue weighted by Gasteiger charge is -2.38. The van der Waals surface area contributed by atoms with Gasteiger partial charge in [-0.25, -0.2) is 0 Å². The summed E-state index contributed by atoms with van der Waals surface area (Å²) < 4.78 is 0. The van der Waals surface area contributed by atoms with Crippen molar-refractivity contribution < 1.29 is 0 Å². The van der Waals surface area contributed by atoms with Gasteiger partial charge in [0, 0.05) is 0 Å². The molecule has 0 saturated heterocycles. The highest BCUT2D eigenvalue weighted by molar-refractivity contribution is 4.88. The fourth-order valence-electron chi connectivity index (χ4n) is 2.16. The van der Waals surface area contributed by atoms with Crippen LogP contribution in [-0.4, -0.2) is 5.66 Å². The van der Waals surface area contributed by atoms with Crippen molar-refractivity contribution in [2.75, 3.05) is 0 Å². The highest BCUT2D eigenvalue weighted by Gasteiger charge is 2.32. The van der Waals surface area contributed by atoms with Gasteiger partial charge in [0.2, 0.25) is 0 Å². The summed E-state index contributed by atoms with van der Waals surface area (Å²) in [6, 6.07) is 0. The lowest BCUT2D eigenvalue weighted by Crippen LogP contribution is -2.57. The monoisotopic (exact) mass is 170 g/mol. The lowest BCUT2D eigenvalue weighted by molar-refractivity contribution is 0.181. The van der Waals surface area contributed by atoms with Gasteiger partial charge in [-0.05, 0) is 25.2 Å². The first-order chi connectivity index (χ1) is 5.67. The summed E-state index contributed by atoms with van der Waals surface area (Å²) in [4.78, 5) is 0. The van der Waals surface area contributed by atoms with Crippen LogP contribution in [0.3, 0.4) is 0 Å². The molecule has 1 fully saturated rings. The largest absolute Gasteiger partial charge is 0.313 e. The molecule has 2 nitrogen and oxygen atoms in total. The zero-order valence-electron chi connectivity index (χ0n) is 8.18. The average molecular weight is 170 g/mol. The van der Waals surface area contributed by atoms with Gasteiger partial charge in [-0.3, -0.25) is 0 Å². The Labute approximate surface area is 75.7 Å². The number of hydrogen-bond acceptors (Lipinski definition) is 2. The molecular weight excluding hydrogens is 148 g/mol. The first kappa shape index (κ1) is 10.0. The average Bonchev–Trinajstić information content (AvgIpc) is 2.02. The van der Waals surface area contributed by atoms with Gasteiger partial charge in [-0.15, -0.1) is 0 Å². The van der Waals surface area contributed by atoms with Gasteiger partial charge in [0.05, 0.1) is 5.66 Å². The molecule has 0 spiro atoms. The zero-order valence-corrected chi connectivity index (χ0v) is 8.18. The fraction of sp³-hybridized carbons (Fsp3) is 1.00. The van der Waals surface area contributed by atoms with E-state index in [0.717, 1.165) is 6.42 Å². The van der Waals surface area contributed by atoms with Crippen LogP contribution in [0.1, 0.15) is 51.9 Å². The van der Waals surface area contributed by atoms with Gasteiger partial charge in [0.25, 0.3) is 0 Å². The van der Waals surface area contributed by atoms with Crippen LogP contribution in [0.15, 0.2) is 0 Å². The van der Waals surface area contributed by atoms with E-state index in [9.17, 15) is 0 Å². The SMILES string of the molecule is CCCCC1CCCCC1(N)N. The number of hydrogen-bond donors (Lipinski definition) is 2. The van der Waals surface area contributed by atoms with Crippen molar-refractivity contribution in [3.05, 3.63) is 0 Å². The topological polar surface area (TPSA) is 52.0 Å². The van der Waals surface area contributed by atoms with E-state index < -0.39 is 0 Å². The third-order valence-corrected chi connectivity index (χ3v) is 3.08. The molecule has 1 saturated carbocycles. The molecule has 4 N–H and O–H groups in total. The molecule has 1 atom stereocenters. The molecule has 72 valence electrons. The second-order valence-electron chi connectivity index (χ2n) is 4.20. The van der Waals surface area contributed by atoms with Crippen molar-refractivity contribution in [3.8, 4) is 0 Å². The normalized spacial score (nSPS) is 28.8. The molecule has 0 radical (unpaired) electrons. The Bertz CT molecular complexity index is 132. The van der Waals surface area contributed by atoms with Crippen LogP contribution < -0.4 is 11.5 Å². The maximum atomic E-state index is 6.04. The minimum Gasteiger partial charge on any atom is -0.313 e. The van der Waals surface area contributed by atoms with E-state index in [1.165, 1.54) is 38.5 Å². The Hall–Kier alpha value is -0.0800. The Morgan fingerprint density at radius 1 is 1.33 bits per heavy atom. The Kier molecular flexibility index (Phi) is 3.53. The van der Waals surface area contributed by atoms with Crippen molar-refractivity contribution >= 4 is 0 Å². The van der Waals surface area contributed by atoms with E-state index in [4.69, 9.17) is 11.5 Å². The van der Waals surface area contributed by atoms with Gasteiger partial charge in [-0.2, -0.15) is 0 Å². The molecule has 2 heteroatoms. The molecule has 0 amide bonds. The maximum Gasteiger partial charge on any atom is 0.0665 e. The quantitative estimate of drug-likeness (QED) is 0.636. The second-order valence-corrected chi connectivity index (χ2v) is 4.20. The molecule has 1 rings (SSSR count).